The van der Waals surface area contributed by atoms with Crippen LogP contribution in [-0.2, 0) is 25.5 Å². The van der Waals surface area contributed by atoms with Crippen LogP contribution >= 0.6 is 11.6 Å². The molecule has 2 aromatic carbocycles. The SMILES string of the molecule is CC(C)COC(=O)c1ccc(NC(=O)COC(=O)Cc2ccc(Cl)cc2)cc1. The van der Waals surface area contributed by atoms with Crippen molar-refractivity contribution in [1.29, 1.82) is 0 Å². The minimum absolute atomic E-state index is 0.0532. The van der Waals surface area contributed by atoms with Crippen LogP contribution in [0.4, 0.5) is 5.69 Å². The van der Waals surface area contributed by atoms with E-state index in [1.165, 1.54) is 0 Å². The summed E-state index contributed by atoms with van der Waals surface area (Å²) in [6.07, 6.45) is 0.0532. The number of rotatable bonds is 8. The smallest absolute Gasteiger partial charge is 0.338 e. The van der Waals surface area contributed by atoms with Crippen molar-refractivity contribution < 1.29 is 23.9 Å². The van der Waals surface area contributed by atoms with E-state index < -0.39 is 24.5 Å². The molecule has 0 spiro atoms. The Balaban J connectivity index is 1.77. The van der Waals surface area contributed by atoms with Gasteiger partial charge in [-0.3, -0.25) is 9.59 Å². The molecule has 2 aromatic rings. The number of hydrogen-bond acceptors (Lipinski definition) is 5. The fourth-order valence-corrected chi connectivity index (χ4v) is 2.30. The number of carbonyl (C=O) groups excluding carboxylic acids is 3. The lowest BCUT2D eigenvalue weighted by Crippen LogP contribution is -2.21. The van der Waals surface area contributed by atoms with Crippen molar-refractivity contribution in [1.82, 2.24) is 0 Å². The number of benzene rings is 2. The molecular formula is C21H22ClNO5. The molecule has 0 saturated carbocycles. The highest BCUT2D eigenvalue weighted by Crippen LogP contribution is 2.12. The first-order valence-corrected chi connectivity index (χ1v) is 9.18. The maximum atomic E-state index is 11.9. The van der Waals surface area contributed by atoms with Gasteiger partial charge in [0, 0.05) is 10.7 Å². The second-order valence-corrected chi connectivity index (χ2v) is 7.02. The molecule has 0 saturated heterocycles. The monoisotopic (exact) mass is 403 g/mol. The second kappa shape index (κ2) is 10.5. The number of carbonyl (C=O) groups is 3. The summed E-state index contributed by atoms with van der Waals surface area (Å²) < 4.78 is 10.1. The Labute approximate surface area is 168 Å². The summed E-state index contributed by atoms with van der Waals surface area (Å²) in [5.74, 6) is -1.15. The highest BCUT2D eigenvalue weighted by Gasteiger charge is 2.11. The number of amides is 1. The van der Waals surface area contributed by atoms with Gasteiger partial charge in [-0.25, -0.2) is 4.79 Å². The van der Waals surface area contributed by atoms with Crippen LogP contribution in [0.3, 0.4) is 0 Å². The van der Waals surface area contributed by atoms with E-state index >= 15 is 0 Å². The fourth-order valence-electron chi connectivity index (χ4n) is 2.18. The van der Waals surface area contributed by atoms with E-state index in [0.29, 0.717) is 22.9 Å². The predicted molar refractivity (Wildman–Crippen MR) is 106 cm³/mol. The first kappa shape index (κ1) is 21.4. The van der Waals surface area contributed by atoms with Gasteiger partial charge in [-0.15, -0.1) is 0 Å². The van der Waals surface area contributed by atoms with Gasteiger partial charge in [0.05, 0.1) is 18.6 Å². The summed E-state index contributed by atoms with van der Waals surface area (Å²) >= 11 is 5.79. The van der Waals surface area contributed by atoms with Crippen LogP contribution in [0.25, 0.3) is 0 Å². The molecule has 0 aliphatic carbocycles. The van der Waals surface area contributed by atoms with Gasteiger partial charge in [0.2, 0.25) is 0 Å². The van der Waals surface area contributed by atoms with Crippen molar-refractivity contribution in [3.8, 4) is 0 Å². The maximum absolute atomic E-state index is 11.9. The van der Waals surface area contributed by atoms with Crippen molar-refractivity contribution >= 4 is 35.1 Å². The zero-order valence-electron chi connectivity index (χ0n) is 15.7. The molecule has 0 heterocycles. The number of ether oxygens (including phenoxy) is 2. The highest BCUT2D eigenvalue weighted by molar-refractivity contribution is 6.30. The highest BCUT2D eigenvalue weighted by atomic mass is 35.5. The summed E-state index contributed by atoms with van der Waals surface area (Å²) in [6.45, 7) is 3.85. The van der Waals surface area contributed by atoms with Gasteiger partial charge in [-0.2, -0.15) is 0 Å². The van der Waals surface area contributed by atoms with Crippen LogP contribution in [-0.4, -0.2) is 31.1 Å². The van der Waals surface area contributed by atoms with Gasteiger partial charge in [0.25, 0.3) is 5.91 Å². The topological polar surface area (TPSA) is 81.7 Å². The van der Waals surface area contributed by atoms with Gasteiger partial charge in [-0.05, 0) is 47.9 Å². The molecule has 0 aliphatic rings. The molecule has 0 atom stereocenters. The average molecular weight is 404 g/mol. The number of hydrogen-bond donors (Lipinski definition) is 1. The summed E-state index contributed by atoms with van der Waals surface area (Å²) in [5, 5.41) is 3.18. The zero-order chi connectivity index (χ0) is 20.5. The summed E-state index contributed by atoms with van der Waals surface area (Å²) in [6, 6.07) is 13.1. The molecule has 7 heteroatoms. The number of anilines is 1. The lowest BCUT2D eigenvalue weighted by molar-refractivity contribution is -0.146. The summed E-state index contributed by atoms with van der Waals surface area (Å²) in [7, 11) is 0. The molecule has 0 radical (unpaired) electrons. The van der Waals surface area contributed by atoms with E-state index in [1.807, 2.05) is 13.8 Å². The van der Waals surface area contributed by atoms with E-state index in [9.17, 15) is 14.4 Å². The minimum Gasteiger partial charge on any atom is -0.462 e. The number of nitrogens with one attached hydrogen (secondary N) is 1. The Morgan fingerprint density at radius 2 is 1.61 bits per heavy atom. The molecule has 2 rings (SSSR count). The molecule has 0 unspecified atom stereocenters. The number of esters is 2. The van der Waals surface area contributed by atoms with Crippen LogP contribution in [0, 0.1) is 5.92 Å². The predicted octanol–water partition coefficient (Wildman–Crippen LogP) is 3.88. The van der Waals surface area contributed by atoms with Crippen molar-refractivity contribution in [2.24, 2.45) is 5.92 Å². The van der Waals surface area contributed by atoms with E-state index in [0.717, 1.165) is 5.56 Å². The molecule has 0 aliphatic heterocycles. The Kier molecular flexibility index (Phi) is 8.02. The molecule has 1 N–H and O–H groups in total. The van der Waals surface area contributed by atoms with Crippen molar-refractivity contribution in [3.05, 3.63) is 64.7 Å². The lowest BCUT2D eigenvalue weighted by atomic mass is 10.1. The summed E-state index contributed by atoms with van der Waals surface area (Å²) in [5.41, 5.74) is 1.63. The molecule has 28 heavy (non-hydrogen) atoms. The third-order valence-electron chi connectivity index (χ3n) is 3.58. The first-order valence-electron chi connectivity index (χ1n) is 8.80. The molecule has 148 valence electrons. The Morgan fingerprint density at radius 3 is 2.21 bits per heavy atom. The zero-order valence-corrected chi connectivity index (χ0v) is 16.5. The largest absolute Gasteiger partial charge is 0.462 e. The molecular weight excluding hydrogens is 382 g/mol. The Hall–Kier alpha value is -2.86. The summed E-state index contributed by atoms with van der Waals surface area (Å²) in [4.78, 5) is 35.6. The van der Waals surface area contributed by atoms with Gasteiger partial charge >= 0.3 is 11.9 Å². The average Bonchev–Trinajstić information content (AvgIpc) is 2.67. The van der Waals surface area contributed by atoms with Crippen molar-refractivity contribution in [2.75, 3.05) is 18.5 Å². The van der Waals surface area contributed by atoms with E-state index in [1.54, 1.807) is 48.5 Å². The first-order chi connectivity index (χ1) is 13.3. The maximum Gasteiger partial charge on any atom is 0.338 e. The van der Waals surface area contributed by atoms with Gasteiger partial charge in [0.15, 0.2) is 6.61 Å². The molecule has 1 amide bonds. The lowest BCUT2D eigenvalue weighted by Gasteiger charge is -2.09. The van der Waals surface area contributed by atoms with Crippen molar-refractivity contribution in [2.45, 2.75) is 20.3 Å². The third kappa shape index (κ3) is 7.40. The third-order valence-corrected chi connectivity index (χ3v) is 3.83. The second-order valence-electron chi connectivity index (χ2n) is 6.58. The van der Waals surface area contributed by atoms with Gasteiger partial charge in [-0.1, -0.05) is 37.6 Å². The Bertz CT molecular complexity index is 816. The number of halogens is 1. The van der Waals surface area contributed by atoms with Gasteiger partial charge < -0.3 is 14.8 Å². The molecule has 0 aromatic heterocycles. The van der Waals surface area contributed by atoms with Crippen LogP contribution < -0.4 is 5.32 Å². The molecule has 0 bridgehead atoms. The quantitative estimate of drug-likeness (QED) is 0.676. The standard InChI is InChI=1S/C21H22ClNO5/c1-14(2)12-28-21(26)16-5-9-18(10-6-16)23-19(24)13-27-20(25)11-15-3-7-17(22)8-4-15/h3-10,14H,11-13H2,1-2H3,(H,23,24). The Morgan fingerprint density at radius 1 is 0.964 bits per heavy atom. The fraction of sp³-hybridized carbons (Fsp3) is 0.286. The van der Waals surface area contributed by atoms with E-state index in [4.69, 9.17) is 21.1 Å². The van der Waals surface area contributed by atoms with Crippen molar-refractivity contribution in [3.63, 3.8) is 0 Å². The molecule has 6 nitrogen and oxygen atoms in total. The normalized spacial score (nSPS) is 10.4. The van der Waals surface area contributed by atoms with Crippen LogP contribution in [0.1, 0.15) is 29.8 Å². The van der Waals surface area contributed by atoms with Crippen LogP contribution in [0.15, 0.2) is 48.5 Å². The van der Waals surface area contributed by atoms with Crippen LogP contribution in [0.2, 0.25) is 5.02 Å². The van der Waals surface area contributed by atoms with E-state index in [-0.39, 0.29) is 12.3 Å². The van der Waals surface area contributed by atoms with Gasteiger partial charge in [0.1, 0.15) is 0 Å². The van der Waals surface area contributed by atoms with E-state index in [2.05, 4.69) is 5.32 Å². The van der Waals surface area contributed by atoms with Crippen LogP contribution in [0.5, 0.6) is 0 Å². The molecule has 0 fully saturated rings. The minimum atomic E-state index is -0.513.